The summed E-state index contributed by atoms with van der Waals surface area (Å²) in [6, 6.07) is 17.3. The fraction of sp³-hybridized carbons (Fsp3) is 0.387. The zero-order chi connectivity index (χ0) is 30.5. The molecule has 6 rings (SSSR count). The first kappa shape index (κ1) is 29.3. The van der Waals surface area contributed by atoms with Crippen molar-refractivity contribution >= 4 is 34.5 Å². The molecule has 44 heavy (non-hydrogen) atoms. The van der Waals surface area contributed by atoms with Crippen molar-refractivity contribution in [3.63, 3.8) is 0 Å². The first-order valence-corrected chi connectivity index (χ1v) is 14.8. The lowest BCUT2D eigenvalue weighted by molar-refractivity contribution is 0.122. The highest BCUT2D eigenvalue weighted by molar-refractivity contribution is 5.89. The molecule has 2 aliphatic rings. The quantitative estimate of drug-likeness (QED) is 0.249. The Hall–Kier alpha value is -4.83. The first-order valence-electron chi connectivity index (χ1n) is 14.8. The molecule has 228 valence electrons. The highest BCUT2D eigenvalue weighted by Gasteiger charge is 2.25. The van der Waals surface area contributed by atoms with Crippen LogP contribution in [-0.4, -0.2) is 64.4 Å². The smallest absolute Gasteiger partial charge is 0.319 e. The lowest BCUT2D eigenvalue weighted by atomic mass is 9.86. The number of rotatable bonds is 8. The molecule has 3 N–H and O–H groups in total. The van der Waals surface area contributed by atoms with Gasteiger partial charge in [-0.25, -0.2) is 18.6 Å². The van der Waals surface area contributed by atoms with E-state index in [1.807, 2.05) is 0 Å². The number of aromatic nitrogens is 4. The largest absolute Gasteiger partial charge is 0.378 e. The van der Waals surface area contributed by atoms with Crippen molar-refractivity contribution in [2.24, 2.45) is 5.92 Å². The number of nitriles is 1. The number of hydrogen-bond acceptors (Lipinski definition) is 8. The highest BCUT2D eigenvalue weighted by atomic mass is 19.3. The number of benzene rings is 2. The number of fused-ring (bicyclic) bond motifs is 1. The maximum absolute atomic E-state index is 14.1. The van der Waals surface area contributed by atoms with Crippen molar-refractivity contribution in [1.29, 1.82) is 5.26 Å². The second-order valence-electron chi connectivity index (χ2n) is 11.0. The topological polar surface area (TPSA) is 133 Å². The molecule has 13 heteroatoms. The molecule has 1 saturated heterocycles. The Bertz CT molecular complexity index is 1640. The van der Waals surface area contributed by atoms with Crippen molar-refractivity contribution < 1.29 is 18.3 Å². The number of carbonyl (C=O) groups excluding carboxylic acids is 1. The van der Waals surface area contributed by atoms with Crippen LogP contribution in [0.1, 0.15) is 43.5 Å². The van der Waals surface area contributed by atoms with Gasteiger partial charge in [0.25, 0.3) is 6.43 Å². The Morgan fingerprint density at radius 3 is 2.45 bits per heavy atom. The molecule has 0 unspecified atom stereocenters. The van der Waals surface area contributed by atoms with Gasteiger partial charge in [-0.15, -0.1) is 0 Å². The third-order valence-corrected chi connectivity index (χ3v) is 8.05. The van der Waals surface area contributed by atoms with Gasteiger partial charge < -0.3 is 25.6 Å². The van der Waals surface area contributed by atoms with Gasteiger partial charge in [0.1, 0.15) is 11.6 Å². The number of urea groups is 1. The number of carbonyl (C=O) groups is 1. The fourth-order valence-corrected chi connectivity index (χ4v) is 5.73. The molecular formula is C31H33F2N9O2. The maximum atomic E-state index is 14.1. The van der Waals surface area contributed by atoms with Crippen LogP contribution in [-0.2, 0) is 4.74 Å². The summed E-state index contributed by atoms with van der Waals surface area (Å²) < 4.78 is 35.2. The summed E-state index contributed by atoms with van der Waals surface area (Å²) >= 11 is 0. The Kier molecular flexibility index (Phi) is 8.79. The van der Waals surface area contributed by atoms with Gasteiger partial charge in [0, 0.05) is 37.4 Å². The zero-order valence-electron chi connectivity index (χ0n) is 24.0. The van der Waals surface area contributed by atoms with Crippen molar-refractivity contribution in [3.8, 4) is 11.9 Å². The van der Waals surface area contributed by atoms with E-state index < -0.39 is 6.43 Å². The minimum Gasteiger partial charge on any atom is -0.378 e. The highest BCUT2D eigenvalue weighted by Crippen LogP contribution is 2.30. The molecule has 4 aromatic rings. The number of halogens is 2. The molecule has 0 radical (unpaired) electrons. The molecule has 0 atom stereocenters. The normalized spacial score (nSPS) is 18.6. The molecule has 2 aromatic heterocycles. The van der Waals surface area contributed by atoms with Gasteiger partial charge in [-0.2, -0.15) is 15.2 Å². The molecule has 0 spiro atoms. The van der Waals surface area contributed by atoms with Crippen molar-refractivity contribution in [1.82, 2.24) is 24.8 Å². The molecular weight excluding hydrogens is 568 g/mol. The number of morpholine rings is 1. The summed E-state index contributed by atoms with van der Waals surface area (Å²) in [5, 5.41) is 18.2. The number of anilines is 3. The van der Waals surface area contributed by atoms with Gasteiger partial charge >= 0.3 is 6.03 Å². The van der Waals surface area contributed by atoms with Crippen molar-refractivity contribution in [2.75, 3.05) is 48.4 Å². The van der Waals surface area contributed by atoms with Crippen molar-refractivity contribution in [2.45, 2.75) is 38.2 Å². The summed E-state index contributed by atoms with van der Waals surface area (Å²) in [7, 11) is 0. The van der Waals surface area contributed by atoms with Crippen LogP contribution in [0.2, 0.25) is 0 Å². The monoisotopic (exact) mass is 601 g/mol. The second kappa shape index (κ2) is 13.2. The van der Waals surface area contributed by atoms with E-state index >= 15 is 0 Å². The average Bonchev–Trinajstić information content (AvgIpc) is 3.45. The van der Waals surface area contributed by atoms with Gasteiger partial charge in [0.15, 0.2) is 5.82 Å². The molecule has 1 aliphatic heterocycles. The van der Waals surface area contributed by atoms with Crippen LogP contribution >= 0.6 is 0 Å². The van der Waals surface area contributed by atoms with Crippen LogP contribution < -0.4 is 20.9 Å². The number of alkyl halides is 2. The molecule has 0 bridgehead atoms. The van der Waals surface area contributed by atoms with E-state index in [9.17, 15) is 13.6 Å². The van der Waals surface area contributed by atoms with Crippen LogP contribution in [0.4, 0.5) is 31.0 Å². The van der Waals surface area contributed by atoms with E-state index in [2.05, 4.69) is 36.9 Å². The first-order chi connectivity index (χ1) is 21.5. The maximum Gasteiger partial charge on any atom is 0.319 e. The number of imidazole rings is 1. The van der Waals surface area contributed by atoms with Crippen molar-refractivity contribution in [3.05, 3.63) is 66.0 Å². The number of nitrogens with one attached hydrogen (secondary N) is 3. The third-order valence-electron chi connectivity index (χ3n) is 8.05. The molecule has 2 aromatic carbocycles. The molecule has 1 saturated carbocycles. The molecule has 11 nitrogen and oxygen atoms in total. The van der Waals surface area contributed by atoms with Crippen LogP contribution in [0.15, 0.2) is 54.6 Å². The Morgan fingerprint density at radius 2 is 1.73 bits per heavy atom. The van der Waals surface area contributed by atoms with E-state index in [-0.39, 0.29) is 17.9 Å². The van der Waals surface area contributed by atoms with E-state index in [4.69, 9.17) is 15.0 Å². The van der Waals surface area contributed by atoms with Crippen LogP contribution in [0.5, 0.6) is 0 Å². The Labute approximate surface area is 253 Å². The Morgan fingerprint density at radius 1 is 1.00 bits per heavy atom. The predicted molar refractivity (Wildman–Crippen MR) is 162 cm³/mol. The van der Waals surface area contributed by atoms with Gasteiger partial charge in [-0.05, 0) is 68.0 Å². The number of ether oxygens (including phenoxy) is 1. The van der Waals surface area contributed by atoms with E-state index in [1.54, 1.807) is 54.6 Å². The molecule has 3 heterocycles. The summed E-state index contributed by atoms with van der Waals surface area (Å²) in [4.78, 5) is 28.2. The molecule has 2 amide bonds. The third kappa shape index (κ3) is 6.70. The lowest BCUT2D eigenvalue weighted by Crippen LogP contribution is -2.40. The summed E-state index contributed by atoms with van der Waals surface area (Å²) in [6.45, 7) is 3.00. The molecule has 2 fully saturated rings. The van der Waals surface area contributed by atoms with E-state index in [1.165, 1.54) is 4.57 Å². The fourth-order valence-electron chi connectivity index (χ4n) is 5.73. The van der Waals surface area contributed by atoms with Gasteiger partial charge in [0.2, 0.25) is 5.95 Å². The van der Waals surface area contributed by atoms with Gasteiger partial charge in [-0.1, -0.05) is 12.1 Å². The summed E-state index contributed by atoms with van der Waals surface area (Å²) in [6.07, 6.45) is 0.659. The second-order valence-corrected chi connectivity index (χ2v) is 11.0. The van der Waals surface area contributed by atoms with E-state index in [0.717, 1.165) is 25.7 Å². The van der Waals surface area contributed by atoms with Gasteiger partial charge in [-0.3, -0.25) is 4.57 Å². The zero-order valence-corrected chi connectivity index (χ0v) is 24.0. The summed E-state index contributed by atoms with van der Waals surface area (Å²) in [5.74, 6) is 1.30. The number of hydrogen-bond donors (Lipinski definition) is 3. The standard InChI is InChI=1S/C31H33F2N9O2/c32-28(33)29-38-24-3-1-2-4-25(24)42(29)27-17-26(41-13-15-44-16-14-41)39-30(40-27)35-19-21-7-11-23(12-8-21)37-31(43)36-22-9-5-20(18-34)6-10-22/h1-6,9-10,17,21,23,28H,7-8,11-16,19H2,(H,35,39,40)(H2,36,37,43)/t21-,23-. The lowest BCUT2D eigenvalue weighted by Gasteiger charge is -2.30. The summed E-state index contributed by atoms with van der Waals surface area (Å²) in [5.41, 5.74) is 2.18. The molecule has 1 aliphatic carbocycles. The van der Waals surface area contributed by atoms with Crippen LogP contribution in [0.25, 0.3) is 16.9 Å². The number of nitrogens with zero attached hydrogens (tertiary/aromatic N) is 6. The number of para-hydroxylation sites is 2. The van der Waals surface area contributed by atoms with E-state index in [0.29, 0.717) is 78.6 Å². The Balaban J connectivity index is 1.12. The number of amides is 2. The minimum absolute atomic E-state index is 0.0550. The minimum atomic E-state index is -2.78. The SMILES string of the molecule is N#Cc1ccc(NC(=O)N[C@H]2CC[C@H](CNc3nc(N4CCOCC4)cc(-n4c(C(F)F)nc5ccccc54)n3)CC2)cc1. The van der Waals surface area contributed by atoms with Crippen LogP contribution in [0, 0.1) is 17.2 Å². The average molecular weight is 602 g/mol. The van der Waals surface area contributed by atoms with Crippen LogP contribution in [0.3, 0.4) is 0 Å². The predicted octanol–water partition coefficient (Wildman–Crippen LogP) is 5.25. The van der Waals surface area contributed by atoms with Gasteiger partial charge in [0.05, 0.1) is 35.9 Å².